The van der Waals surface area contributed by atoms with Crippen LogP contribution in [0.2, 0.25) is 5.02 Å². The monoisotopic (exact) mass is 728 g/mol. The van der Waals surface area contributed by atoms with E-state index in [2.05, 4.69) is 33.6 Å². The molecule has 266 valence electrons. The van der Waals surface area contributed by atoms with E-state index in [1.807, 2.05) is 59.5 Å². The van der Waals surface area contributed by atoms with Crippen molar-refractivity contribution in [3.63, 3.8) is 0 Å². The molecule has 0 bridgehead atoms. The molecule has 1 aromatic heterocycles. The minimum atomic E-state index is -3.68. The van der Waals surface area contributed by atoms with Crippen LogP contribution < -0.4 is 15.2 Å². The van der Waals surface area contributed by atoms with Crippen LogP contribution in [0.1, 0.15) is 51.6 Å². The van der Waals surface area contributed by atoms with E-state index in [0.29, 0.717) is 36.6 Å². The molecule has 4 N–H and O–H groups in total. The van der Waals surface area contributed by atoms with E-state index in [1.165, 1.54) is 12.1 Å². The molecule has 0 saturated carbocycles. The van der Waals surface area contributed by atoms with Crippen LogP contribution in [0, 0.1) is 0 Å². The number of halogens is 1. The number of carbonyl (C=O) groups excluding carboxylic acids is 1. The maximum atomic E-state index is 13.3. The van der Waals surface area contributed by atoms with Gasteiger partial charge in [-0.3, -0.25) is 9.69 Å². The number of primary amides is 1. The molecule has 0 aliphatic carbocycles. The third-order valence-corrected chi connectivity index (χ3v) is 11.0. The normalized spacial score (nSPS) is 15.1. The summed E-state index contributed by atoms with van der Waals surface area (Å²) < 4.78 is 37.7. The Hall–Kier alpha value is -4.68. The molecule has 1 atom stereocenters. The van der Waals surface area contributed by atoms with Crippen molar-refractivity contribution in [1.82, 2.24) is 14.2 Å². The third kappa shape index (κ3) is 8.62. The zero-order valence-corrected chi connectivity index (χ0v) is 29.7. The number of aromatic nitrogens is 1. The largest absolute Gasteiger partial charge is 0.493 e. The predicted molar refractivity (Wildman–Crippen MR) is 199 cm³/mol. The highest BCUT2D eigenvalue weighted by molar-refractivity contribution is 7.89. The quantitative estimate of drug-likeness (QED) is 0.119. The van der Waals surface area contributed by atoms with E-state index in [-0.39, 0.29) is 37.1 Å². The Morgan fingerprint density at radius 1 is 0.941 bits per heavy atom. The highest BCUT2D eigenvalue weighted by atomic mass is 35.5. The van der Waals surface area contributed by atoms with Crippen molar-refractivity contribution in [2.75, 3.05) is 32.0 Å². The topological polar surface area (TPSA) is 144 Å². The lowest BCUT2D eigenvalue weighted by Crippen LogP contribution is -2.43. The van der Waals surface area contributed by atoms with Crippen molar-refractivity contribution in [2.45, 2.75) is 37.8 Å². The minimum absolute atomic E-state index is 0.145. The van der Waals surface area contributed by atoms with Gasteiger partial charge in [-0.2, -0.15) is 0 Å². The molecule has 1 aliphatic heterocycles. The summed E-state index contributed by atoms with van der Waals surface area (Å²) in [7, 11) is -3.68. The van der Waals surface area contributed by atoms with E-state index in [0.717, 1.165) is 39.7 Å². The van der Waals surface area contributed by atoms with Crippen LogP contribution in [-0.4, -0.2) is 72.9 Å². The van der Waals surface area contributed by atoms with Crippen molar-refractivity contribution in [2.24, 2.45) is 5.73 Å². The first-order valence-electron chi connectivity index (χ1n) is 17.0. The zero-order chi connectivity index (χ0) is 36.0. The molecule has 4 aromatic carbocycles. The van der Waals surface area contributed by atoms with Gasteiger partial charge in [-0.1, -0.05) is 72.3 Å². The summed E-state index contributed by atoms with van der Waals surface area (Å²) in [5.41, 5.74) is 10.7. The average Bonchev–Trinajstić information content (AvgIpc) is 3.72. The van der Waals surface area contributed by atoms with Gasteiger partial charge in [-0.15, -0.1) is 0 Å². The number of benzene rings is 4. The standard InChI is InChI=1S/C39H41ClN4O6S/c40-30-15-18-34-33(26-30)32(20-24-50-31-16-13-29(14-17-31)39(46)47)35(19-21-42-51(48,49)25-23-43-22-7-12-36(43)38(41)45)44(34)37(27-8-3-1-4-9-27)28-10-5-2-6-11-28/h1-6,8-11,13-18,26,36-37,42H,7,12,19-25H2,(H2,41,45)(H,46,47)/t36-/m0/s1. The summed E-state index contributed by atoms with van der Waals surface area (Å²) in [6.45, 7) is 1.30. The molecule has 5 aromatic rings. The van der Waals surface area contributed by atoms with Gasteiger partial charge in [0.2, 0.25) is 15.9 Å². The van der Waals surface area contributed by atoms with Crippen molar-refractivity contribution < 1.29 is 27.9 Å². The number of likely N-dealkylation sites (tertiary alicyclic amines) is 1. The Balaban J connectivity index is 1.35. The molecule has 1 amide bonds. The first kappa shape index (κ1) is 36.1. The maximum absolute atomic E-state index is 13.3. The Morgan fingerprint density at radius 2 is 1.61 bits per heavy atom. The number of nitrogens with two attached hydrogens (primary N) is 1. The molecular weight excluding hydrogens is 688 g/mol. The molecule has 1 fully saturated rings. The van der Waals surface area contributed by atoms with Gasteiger partial charge >= 0.3 is 5.97 Å². The van der Waals surface area contributed by atoms with Crippen LogP contribution in [0.3, 0.4) is 0 Å². The Morgan fingerprint density at radius 3 is 2.24 bits per heavy atom. The Bertz CT molecular complexity index is 2050. The molecule has 0 radical (unpaired) electrons. The van der Waals surface area contributed by atoms with Crippen LogP contribution in [0.25, 0.3) is 10.9 Å². The number of aromatic carboxylic acids is 1. The molecule has 0 unspecified atom stereocenters. The number of carbonyl (C=O) groups is 2. The first-order valence-corrected chi connectivity index (χ1v) is 19.0. The van der Waals surface area contributed by atoms with Crippen molar-refractivity contribution in [1.29, 1.82) is 0 Å². The Labute approximate surface area is 302 Å². The lowest BCUT2D eigenvalue weighted by Gasteiger charge is -2.25. The van der Waals surface area contributed by atoms with Crippen LogP contribution >= 0.6 is 11.6 Å². The third-order valence-electron chi connectivity index (χ3n) is 9.42. The molecular formula is C39H41ClN4O6S. The van der Waals surface area contributed by atoms with Crippen molar-refractivity contribution in [3.8, 4) is 5.75 Å². The lowest BCUT2D eigenvalue weighted by atomic mass is 9.97. The van der Waals surface area contributed by atoms with Gasteiger partial charge in [-0.25, -0.2) is 17.9 Å². The lowest BCUT2D eigenvalue weighted by molar-refractivity contribution is -0.122. The number of amides is 1. The molecule has 2 heterocycles. The summed E-state index contributed by atoms with van der Waals surface area (Å²) >= 11 is 6.61. The van der Waals surface area contributed by atoms with E-state index in [4.69, 9.17) is 22.1 Å². The van der Waals surface area contributed by atoms with Gasteiger partial charge in [0.05, 0.1) is 30.0 Å². The van der Waals surface area contributed by atoms with E-state index in [9.17, 15) is 23.1 Å². The van der Waals surface area contributed by atoms with Crippen LogP contribution in [0.15, 0.2) is 103 Å². The summed E-state index contributed by atoms with van der Waals surface area (Å²) in [6.07, 6.45) is 2.30. The van der Waals surface area contributed by atoms with E-state index in [1.54, 1.807) is 12.1 Å². The van der Waals surface area contributed by atoms with Gasteiger partial charge in [0, 0.05) is 47.6 Å². The molecule has 0 spiro atoms. The number of hydrogen-bond acceptors (Lipinski definition) is 6. The molecule has 1 saturated heterocycles. The number of carboxylic acids is 1. The van der Waals surface area contributed by atoms with E-state index < -0.39 is 27.9 Å². The fourth-order valence-corrected chi connectivity index (χ4v) is 8.23. The minimum Gasteiger partial charge on any atom is -0.493 e. The Kier molecular flexibility index (Phi) is 11.4. The molecule has 6 rings (SSSR count). The number of nitrogens with zero attached hydrogens (tertiary/aromatic N) is 2. The summed E-state index contributed by atoms with van der Waals surface area (Å²) in [6, 6.07) is 31.8. The molecule has 10 nitrogen and oxygen atoms in total. The van der Waals surface area contributed by atoms with Gasteiger partial charge < -0.3 is 20.1 Å². The zero-order valence-electron chi connectivity index (χ0n) is 28.1. The number of hydrogen-bond donors (Lipinski definition) is 3. The predicted octanol–water partition coefficient (Wildman–Crippen LogP) is 5.66. The second-order valence-corrected chi connectivity index (χ2v) is 15.0. The fourth-order valence-electron chi connectivity index (χ4n) is 7.03. The molecule has 12 heteroatoms. The van der Waals surface area contributed by atoms with Crippen LogP contribution in [0.4, 0.5) is 0 Å². The van der Waals surface area contributed by atoms with Gasteiger partial charge in [0.1, 0.15) is 5.75 Å². The average molecular weight is 729 g/mol. The van der Waals surface area contributed by atoms with Gasteiger partial charge in [-0.05, 0) is 78.5 Å². The SMILES string of the molecule is NC(=O)[C@@H]1CCCN1CCS(=O)(=O)NCCc1c(CCOc2ccc(C(=O)O)cc2)c2cc(Cl)ccc2n1C(c1ccccc1)c1ccccc1. The first-order chi connectivity index (χ1) is 24.6. The number of rotatable bonds is 16. The number of nitrogens with one attached hydrogen (secondary N) is 1. The highest BCUT2D eigenvalue weighted by Gasteiger charge is 2.30. The van der Waals surface area contributed by atoms with Gasteiger partial charge in [0.15, 0.2) is 0 Å². The fraction of sp³-hybridized carbons (Fsp3) is 0.282. The maximum Gasteiger partial charge on any atom is 0.335 e. The smallest absolute Gasteiger partial charge is 0.335 e. The number of fused-ring (bicyclic) bond motifs is 1. The summed E-state index contributed by atoms with van der Waals surface area (Å²) in [4.78, 5) is 25.0. The van der Waals surface area contributed by atoms with Crippen molar-refractivity contribution in [3.05, 3.63) is 136 Å². The molecule has 1 aliphatic rings. The van der Waals surface area contributed by atoms with Crippen LogP contribution in [-0.2, 0) is 27.7 Å². The second-order valence-electron chi connectivity index (χ2n) is 12.7. The molecule has 51 heavy (non-hydrogen) atoms. The second kappa shape index (κ2) is 16.1. The number of carboxylic acid groups (broad SMARTS) is 1. The van der Waals surface area contributed by atoms with E-state index >= 15 is 0 Å². The number of sulfonamides is 1. The van der Waals surface area contributed by atoms with Crippen molar-refractivity contribution >= 4 is 44.4 Å². The summed E-state index contributed by atoms with van der Waals surface area (Å²) in [5, 5.41) is 10.8. The van der Waals surface area contributed by atoms with Crippen LogP contribution in [0.5, 0.6) is 5.75 Å². The summed E-state index contributed by atoms with van der Waals surface area (Å²) in [5.74, 6) is -1.04. The van der Waals surface area contributed by atoms with Gasteiger partial charge in [0.25, 0.3) is 0 Å². The number of ether oxygens (including phenoxy) is 1. The highest BCUT2D eigenvalue weighted by Crippen LogP contribution is 2.38.